The number of hydrogen-bond donors (Lipinski definition) is 0. The molecule has 140 valence electrons. The van der Waals surface area contributed by atoms with Crippen LogP contribution in [0.4, 0.5) is 13.2 Å². The van der Waals surface area contributed by atoms with Crippen molar-refractivity contribution in [1.29, 1.82) is 0 Å². The van der Waals surface area contributed by atoms with Crippen LogP contribution in [-0.4, -0.2) is 6.79 Å². The fourth-order valence-electron chi connectivity index (χ4n) is 3.54. The van der Waals surface area contributed by atoms with Crippen molar-refractivity contribution in [2.75, 3.05) is 6.79 Å². The van der Waals surface area contributed by atoms with Crippen LogP contribution in [0, 0.1) is 0 Å². The van der Waals surface area contributed by atoms with Gasteiger partial charge >= 0.3 is 6.18 Å². The highest BCUT2D eigenvalue weighted by Gasteiger charge is 2.34. The van der Waals surface area contributed by atoms with Gasteiger partial charge in [0, 0.05) is 10.9 Å². The van der Waals surface area contributed by atoms with E-state index in [-0.39, 0.29) is 28.9 Å². The Kier molecular flexibility index (Phi) is 3.43. The molecule has 0 amide bonds. The summed E-state index contributed by atoms with van der Waals surface area (Å²) < 4.78 is 56.8. The average Bonchev–Trinajstić information content (AvgIpc) is 3.16. The zero-order valence-electron chi connectivity index (χ0n) is 14.2. The molecule has 5 rings (SSSR count). The van der Waals surface area contributed by atoms with Crippen LogP contribution in [0.15, 0.2) is 64.0 Å². The lowest BCUT2D eigenvalue weighted by Crippen LogP contribution is -2.12. The fourth-order valence-corrected chi connectivity index (χ4v) is 3.54. The first-order valence-electron chi connectivity index (χ1n) is 8.38. The van der Waals surface area contributed by atoms with E-state index in [9.17, 15) is 18.0 Å². The maximum atomic E-state index is 13.4. The summed E-state index contributed by atoms with van der Waals surface area (Å²) in [5, 5.41) is 1.33. The number of halogens is 3. The molecule has 7 heteroatoms. The lowest BCUT2D eigenvalue weighted by atomic mass is 9.97. The molecular formula is C21H11F3O4. The molecule has 1 aliphatic rings. The topological polar surface area (TPSA) is 48.7 Å². The third kappa shape index (κ3) is 2.36. The Bertz CT molecular complexity index is 1310. The molecule has 0 fully saturated rings. The van der Waals surface area contributed by atoms with E-state index < -0.39 is 17.2 Å². The highest BCUT2D eigenvalue weighted by molar-refractivity contribution is 6.10. The van der Waals surface area contributed by atoms with Gasteiger partial charge in [0.15, 0.2) is 11.5 Å². The van der Waals surface area contributed by atoms with Crippen LogP contribution < -0.4 is 14.9 Å². The molecule has 1 aliphatic heterocycles. The fraction of sp³-hybridized carbons (Fsp3) is 0.0952. The number of hydrogen-bond acceptors (Lipinski definition) is 4. The Morgan fingerprint density at radius 3 is 2.46 bits per heavy atom. The number of benzene rings is 3. The zero-order valence-corrected chi connectivity index (χ0v) is 14.2. The Labute approximate surface area is 155 Å². The van der Waals surface area contributed by atoms with Crippen LogP contribution in [0.25, 0.3) is 32.9 Å². The molecule has 2 heterocycles. The quantitative estimate of drug-likeness (QED) is 0.415. The molecule has 0 atom stereocenters. The van der Waals surface area contributed by atoms with E-state index in [2.05, 4.69) is 0 Å². The van der Waals surface area contributed by atoms with Gasteiger partial charge in [-0.2, -0.15) is 13.2 Å². The zero-order chi connectivity index (χ0) is 19.5. The Morgan fingerprint density at radius 2 is 1.64 bits per heavy atom. The third-order valence-corrected chi connectivity index (χ3v) is 4.78. The summed E-state index contributed by atoms with van der Waals surface area (Å²) in [7, 11) is 0. The van der Waals surface area contributed by atoms with Gasteiger partial charge in [-0.15, -0.1) is 0 Å². The second-order valence-electron chi connectivity index (χ2n) is 6.36. The molecule has 3 aromatic carbocycles. The van der Waals surface area contributed by atoms with Crippen LogP contribution >= 0.6 is 0 Å². The summed E-state index contributed by atoms with van der Waals surface area (Å²) >= 11 is 0. The van der Waals surface area contributed by atoms with E-state index in [0.29, 0.717) is 22.3 Å². The number of alkyl halides is 3. The van der Waals surface area contributed by atoms with Gasteiger partial charge in [0.2, 0.25) is 12.2 Å². The maximum absolute atomic E-state index is 13.4. The standard InChI is InChI=1S/C21H11F3O4/c22-21(23,24)14-4-2-1-3-12(14)13-9-26-15-7-5-11-6-8-16-20(28-10-27-16)17(11)18(15)19(13)25/h1-9H,10H2. The molecule has 0 radical (unpaired) electrons. The van der Waals surface area contributed by atoms with Gasteiger partial charge in [-0.25, -0.2) is 0 Å². The van der Waals surface area contributed by atoms with E-state index in [1.807, 2.05) is 0 Å². The van der Waals surface area contributed by atoms with Crippen molar-refractivity contribution in [1.82, 2.24) is 0 Å². The van der Waals surface area contributed by atoms with Gasteiger partial charge in [-0.1, -0.05) is 30.3 Å². The average molecular weight is 384 g/mol. The van der Waals surface area contributed by atoms with Crippen molar-refractivity contribution in [3.8, 4) is 22.6 Å². The lowest BCUT2D eigenvalue weighted by Gasteiger charge is -2.13. The second-order valence-corrected chi connectivity index (χ2v) is 6.36. The smallest absolute Gasteiger partial charge is 0.417 e. The maximum Gasteiger partial charge on any atom is 0.417 e. The molecular weight excluding hydrogens is 373 g/mol. The molecule has 0 bridgehead atoms. The minimum Gasteiger partial charge on any atom is -0.463 e. The minimum atomic E-state index is -4.60. The molecule has 0 aliphatic carbocycles. The largest absolute Gasteiger partial charge is 0.463 e. The summed E-state index contributed by atoms with van der Waals surface area (Å²) in [6, 6.07) is 11.8. The summed E-state index contributed by atoms with van der Waals surface area (Å²) in [5.74, 6) is 0.858. The van der Waals surface area contributed by atoms with Crippen molar-refractivity contribution in [3.63, 3.8) is 0 Å². The van der Waals surface area contributed by atoms with E-state index in [1.165, 1.54) is 18.2 Å². The molecule has 0 unspecified atom stereocenters. The first-order chi connectivity index (χ1) is 13.4. The van der Waals surface area contributed by atoms with Crippen LogP contribution in [0.5, 0.6) is 11.5 Å². The summed E-state index contributed by atoms with van der Waals surface area (Å²) in [5.41, 5.74) is -1.59. The summed E-state index contributed by atoms with van der Waals surface area (Å²) in [6.45, 7) is 0.00671. The first-order valence-corrected chi connectivity index (χ1v) is 8.38. The van der Waals surface area contributed by atoms with Gasteiger partial charge < -0.3 is 13.9 Å². The second kappa shape index (κ2) is 5.76. The summed E-state index contributed by atoms with van der Waals surface area (Å²) in [4.78, 5) is 13.3. The Morgan fingerprint density at radius 1 is 0.857 bits per heavy atom. The third-order valence-electron chi connectivity index (χ3n) is 4.78. The molecule has 0 saturated heterocycles. The molecule has 0 spiro atoms. The van der Waals surface area contributed by atoms with Crippen molar-refractivity contribution < 1.29 is 27.1 Å². The van der Waals surface area contributed by atoms with Crippen molar-refractivity contribution in [2.45, 2.75) is 6.18 Å². The van der Waals surface area contributed by atoms with Crippen LogP contribution in [-0.2, 0) is 6.18 Å². The monoisotopic (exact) mass is 384 g/mol. The summed E-state index contributed by atoms with van der Waals surface area (Å²) in [6.07, 6.45) is -3.53. The molecule has 28 heavy (non-hydrogen) atoms. The lowest BCUT2D eigenvalue weighted by molar-refractivity contribution is -0.137. The van der Waals surface area contributed by atoms with Gasteiger partial charge in [0.05, 0.1) is 16.5 Å². The van der Waals surface area contributed by atoms with Crippen molar-refractivity contribution >= 4 is 21.7 Å². The highest BCUT2D eigenvalue weighted by atomic mass is 19.4. The highest BCUT2D eigenvalue weighted by Crippen LogP contribution is 2.42. The normalized spacial score (nSPS) is 13.4. The SMILES string of the molecule is O=c1c(-c2ccccc2C(F)(F)F)coc2ccc3ccc4c(c3c12)OCO4. The van der Waals surface area contributed by atoms with E-state index in [1.54, 1.807) is 24.3 Å². The van der Waals surface area contributed by atoms with E-state index in [0.717, 1.165) is 12.3 Å². The number of ether oxygens (including phenoxy) is 2. The molecule has 0 N–H and O–H groups in total. The Hall–Kier alpha value is -3.48. The van der Waals surface area contributed by atoms with Gasteiger partial charge in [-0.05, 0) is 23.6 Å². The molecule has 0 saturated carbocycles. The minimum absolute atomic E-state index is 0.00671. The van der Waals surface area contributed by atoms with Gasteiger partial charge in [-0.3, -0.25) is 4.79 Å². The predicted molar refractivity (Wildman–Crippen MR) is 96.6 cm³/mol. The number of fused-ring (bicyclic) bond motifs is 5. The number of rotatable bonds is 1. The van der Waals surface area contributed by atoms with Crippen LogP contribution in [0.1, 0.15) is 5.56 Å². The van der Waals surface area contributed by atoms with Gasteiger partial charge in [0.1, 0.15) is 11.8 Å². The van der Waals surface area contributed by atoms with Crippen LogP contribution in [0.2, 0.25) is 0 Å². The molecule has 4 aromatic rings. The molecule has 1 aromatic heterocycles. The van der Waals surface area contributed by atoms with Crippen molar-refractivity contribution in [2.24, 2.45) is 0 Å². The van der Waals surface area contributed by atoms with Crippen molar-refractivity contribution in [3.05, 3.63) is 70.6 Å². The van der Waals surface area contributed by atoms with Gasteiger partial charge in [0.25, 0.3) is 0 Å². The Balaban J connectivity index is 1.90. The molecule has 4 nitrogen and oxygen atoms in total. The van der Waals surface area contributed by atoms with Crippen LogP contribution in [0.3, 0.4) is 0 Å². The van der Waals surface area contributed by atoms with E-state index in [4.69, 9.17) is 13.9 Å². The first kappa shape index (κ1) is 16.7. The predicted octanol–water partition coefficient (Wildman–Crippen LogP) is 5.36. The van der Waals surface area contributed by atoms with E-state index >= 15 is 0 Å².